The zero-order valence-electron chi connectivity index (χ0n) is 20.3. The first kappa shape index (κ1) is 24.0. The number of amides is 3. The van der Waals surface area contributed by atoms with Crippen molar-refractivity contribution < 1.29 is 14.4 Å². The maximum absolute atomic E-state index is 13.2. The number of aromatic nitrogens is 2. The van der Waals surface area contributed by atoms with Crippen molar-refractivity contribution in [2.75, 3.05) is 7.05 Å². The summed E-state index contributed by atoms with van der Waals surface area (Å²) in [6.07, 6.45) is 7.03. The minimum Gasteiger partial charge on any atom is -0.351 e. The molecule has 4 rings (SSSR count). The Morgan fingerprint density at radius 2 is 1.88 bits per heavy atom. The number of fused-ring (bicyclic) bond motifs is 1. The number of aryl methyl sites for hydroxylation is 1. The van der Waals surface area contributed by atoms with Crippen molar-refractivity contribution in [3.8, 4) is 0 Å². The topological polar surface area (TPSA) is 96.3 Å². The lowest BCUT2D eigenvalue weighted by Gasteiger charge is -2.41. The molecule has 1 aliphatic carbocycles. The first-order valence-electron chi connectivity index (χ1n) is 12.3. The van der Waals surface area contributed by atoms with Crippen LogP contribution in [0.4, 0.5) is 0 Å². The van der Waals surface area contributed by atoms with Crippen LogP contribution in [-0.2, 0) is 17.8 Å². The Morgan fingerprint density at radius 1 is 1.18 bits per heavy atom. The van der Waals surface area contributed by atoms with Crippen molar-refractivity contribution in [2.24, 2.45) is 0 Å². The molecule has 8 heteroatoms. The number of carbonyl (C=O) groups excluding carboxylic acids is 3. The van der Waals surface area contributed by atoms with Gasteiger partial charge >= 0.3 is 0 Å². The second-order valence-corrected chi connectivity index (χ2v) is 9.92. The average Bonchev–Trinajstić information content (AvgIpc) is 3.26. The Bertz CT molecular complexity index is 1040. The lowest BCUT2D eigenvalue weighted by Crippen LogP contribution is -2.63. The zero-order chi connectivity index (χ0) is 24.3. The van der Waals surface area contributed by atoms with E-state index >= 15 is 0 Å². The van der Waals surface area contributed by atoms with Gasteiger partial charge in [0.2, 0.25) is 5.91 Å². The molecule has 2 aromatic rings. The summed E-state index contributed by atoms with van der Waals surface area (Å²) >= 11 is 0. The van der Waals surface area contributed by atoms with Crippen LogP contribution in [0, 0.1) is 0 Å². The van der Waals surface area contributed by atoms with Gasteiger partial charge in [-0.15, -0.1) is 0 Å². The second kappa shape index (κ2) is 9.99. The lowest BCUT2D eigenvalue weighted by molar-refractivity contribution is -0.133. The summed E-state index contributed by atoms with van der Waals surface area (Å²) in [4.78, 5) is 40.6. The van der Waals surface area contributed by atoms with Gasteiger partial charge in [-0.25, -0.2) is 0 Å². The summed E-state index contributed by atoms with van der Waals surface area (Å²) in [5.41, 5.74) is 0.679. The number of rotatable bonds is 7. The fraction of sp³-hybridized carbons (Fsp3) is 0.538. The predicted molar refractivity (Wildman–Crippen MR) is 129 cm³/mol. The van der Waals surface area contributed by atoms with E-state index in [0.29, 0.717) is 5.69 Å². The molecule has 0 saturated heterocycles. The largest absolute Gasteiger partial charge is 0.351 e. The molecule has 1 aliphatic heterocycles. The standard InChI is InChI=1S/C26H35N5O3/c1-18(14-15-19-10-6-4-7-11-19)27-23(32)21-16-22-24(33)30(3)26(2,17-31(22)29-21)25(34)28-20-12-8-5-9-13-20/h4,6-7,10-11,16,18,20H,5,8-9,12-15,17H2,1-3H3,(H,27,32)(H,28,34)/t18-,26+/m1/s1. The van der Waals surface area contributed by atoms with E-state index in [9.17, 15) is 14.4 Å². The van der Waals surface area contributed by atoms with Gasteiger partial charge in [-0.3, -0.25) is 19.1 Å². The van der Waals surface area contributed by atoms with Crippen LogP contribution in [0.5, 0.6) is 0 Å². The summed E-state index contributed by atoms with van der Waals surface area (Å²) < 4.78 is 1.51. The first-order chi connectivity index (χ1) is 16.3. The summed E-state index contributed by atoms with van der Waals surface area (Å²) in [5.74, 6) is -0.792. The molecule has 0 spiro atoms. The van der Waals surface area contributed by atoms with Gasteiger partial charge in [-0.05, 0) is 45.1 Å². The van der Waals surface area contributed by atoms with E-state index in [1.165, 1.54) is 27.6 Å². The molecule has 0 bridgehead atoms. The Labute approximate surface area is 201 Å². The van der Waals surface area contributed by atoms with Crippen molar-refractivity contribution in [1.29, 1.82) is 0 Å². The van der Waals surface area contributed by atoms with Gasteiger partial charge < -0.3 is 15.5 Å². The molecule has 2 aliphatic rings. The van der Waals surface area contributed by atoms with E-state index in [4.69, 9.17) is 0 Å². The van der Waals surface area contributed by atoms with Gasteiger partial charge in [0.1, 0.15) is 11.2 Å². The smallest absolute Gasteiger partial charge is 0.272 e. The highest BCUT2D eigenvalue weighted by atomic mass is 16.2. The Morgan fingerprint density at radius 3 is 2.59 bits per heavy atom. The molecule has 1 fully saturated rings. The van der Waals surface area contributed by atoms with E-state index in [1.807, 2.05) is 25.1 Å². The van der Waals surface area contributed by atoms with Gasteiger partial charge in [0.15, 0.2) is 5.69 Å². The SMILES string of the molecule is C[C@H](CCc1ccccc1)NC(=O)c1cc2n(n1)C[C@@](C)(C(=O)NC1CCCCC1)N(C)C2=O. The number of hydrogen-bond acceptors (Lipinski definition) is 4. The molecule has 34 heavy (non-hydrogen) atoms. The van der Waals surface area contributed by atoms with Crippen molar-refractivity contribution >= 4 is 17.7 Å². The van der Waals surface area contributed by atoms with E-state index in [1.54, 1.807) is 14.0 Å². The van der Waals surface area contributed by atoms with Crippen LogP contribution in [0.3, 0.4) is 0 Å². The molecule has 182 valence electrons. The molecule has 8 nitrogen and oxygen atoms in total. The molecular weight excluding hydrogens is 430 g/mol. The number of benzene rings is 1. The molecule has 1 aromatic heterocycles. The van der Waals surface area contributed by atoms with E-state index in [-0.39, 0.29) is 42.0 Å². The maximum Gasteiger partial charge on any atom is 0.272 e. The van der Waals surface area contributed by atoms with Crippen LogP contribution in [0.2, 0.25) is 0 Å². The van der Waals surface area contributed by atoms with Gasteiger partial charge in [-0.2, -0.15) is 5.10 Å². The third-order valence-electron chi connectivity index (χ3n) is 7.25. The van der Waals surface area contributed by atoms with Crippen LogP contribution in [0.1, 0.15) is 78.9 Å². The Kier molecular flexibility index (Phi) is 7.05. The first-order valence-corrected chi connectivity index (χ1v) is 12.3. The van der Waals surface area contributed by atoms with Crippen LogP contribution in [0.15, 0.2) is 36.4 Å². The molecule has 2 N–H and O–H groups in total. The fourth-order valence-electron chi connectivity index (χ4n) is 4.82. The van der Waals surface area contributed by atoms with Crippen molar-refractivity contribution in [3.63, 3.8) is 0 Å². The third-order valence-corrected chi connectivity index (χ3v) is 7.25. The number of likely N-dealkylation sites (N-methyl/N-ethyl adjacent to an activating group) is 1. The Hall–Kier alpha value is -3.16. The second-order valence-electron chi connectivity index (χ2n) is 9.92. The maximum atomic E-state index is 13.2. The van der Waals surface area contributed by atoms with E-state index in [0.717, 1.165) is 38.5 Å². The van der Waals surface area contributed by atoms with Crippen molar-refractivity contribution in [2.45, 2.75) is 83.0 Å². The fourth-order valence-corrected chi connectivity index (χ4v) is 4.82. The molecular formula is C26H35N5O3. The number of carbonyl (C=O) groups is 3. The highest BCUT2D eigenvalue weighted by Gasteiger charge is 2.46. The number of nitrogens with zero attached hydrogens (tertiary/aromatic N) is 3. The monoisotopic (exact) mass is 465 g/mol. The molecule has 1 saturated carbocycles. The molecule has 1 aromatic carbocycles. The van der Waals surface area contributed by atoms with Crippen LogP contribution >= 0.6 is 0 Å². The molecule has 2 atom stereocenters. The summed E-state index contributed by atoms with van der Waals surface area (Å²) in [7, 11) is 1.64. The van der Waals surface area contributed by atoms with Crippen LogP contribution in [0.25, 0.3) is 0 Å². The van der Waals surface area contributed by atoms with E-state index < -0.39 is 5.54 Å². The average molecular weight is 466 g/mol. The molecule has 2 heterocycles. The van der Waals surface area contributed by atoms with Crippen LogP contribution in [-0.4, -0.2) is 57.1 Å². The summed E-state index contributed by atoms with van der Waals surface area (Å²) in [5, 5.41) is 10.5. The van der Waals surface area contributed by atoms with Crippen molar-refractivity contribution in [1.82, 2.24) is 25.3 Å². The predicted octanol–water partition coefficient (Wildman–Crippen LogP) is 2.93. The van der Waals surface area contributed by atoms with Gasteiger partial charge in [0.05, 0.1) is 6.54 Å². The van der Waals surface area contributed by atoms with Gasteiger partial charge in [0, 0.05) is 25.2 Å². The summed E-state index contributed by atoms with van der Waals surface area (Å²) in [6, 6.07) is 11.8. The normalized spacial score (nSPS) is 21.6. The minimum absolute atomic E-state index is 0.0450. The van der Waals surface area contributed by atoms with Crippen LogP contribution < -0.4 is 10.6 Å². The molecule has 0 unspecified atom stereocenters. The highest BCUT2D eigenvalue weighted by molar-refractivity contribution is 6.01. The number of nitrogens with one attached hydrogen (secondary N) is 2. The molecule has 3 amide bonds. The lowest BCUT2D eigenvalue weighted by atomic mass is 9.92. The number of hydrogen-bond donors (Lipinski definition) is 2. The highest BCUT2D eigenvalue weighted by Crippen LogP contribution is 2.27. The molecule has 0 radical (unpaired) electrons. The minimum atomic E-state index is -1.07. The zero-order valence-corrected chi connectivity index (χ0v) is 20.3. The van der Waals surface area contributed by atoms with E-state index in [2.05, 4.69) is 27.9 Å². The van der Waals surface area contributed by atoms with Gasteiger partial charge in [-0.1, -0.05) is 49.6 Å². The summed E-state index contributed by atoms with van der Waals surface area (Å²) in [6.45, 7) is 3.93. The third kappa shape index (κ3) is 5.00. The quantitative estimate of drug-likeness (QED) is 0.657. The Balaban J connectivity index is 1.41. The van der Waals surface area contributed by atoms with Gasteiger partial charge in [0.25, 0.3) is 11.8 Å². The van der Waals surface area contributed by atoms with Crippen molar-refractivity contribution in [3.05, 3.63) is 53.3 Å².